The molecule has 0 saturated carbocycles. The monoisotopic (exact) mass is 461 g/mol. The third-order valence-corrected chi connectivity index (χ3v) is 6.50. The Balaban J connectivity index is 1.55. The SMILES string of the molecule is Cc1ccc(C2=NN(c3nc(C)c(C(=O)n4[nH]c(=O)ccc4=O)s3)C(c3ccco3)C2)cc1. The van der Waals surface area contributed by atoms with Crippen molar-refractivity contribution >= 4 is 28.1 Å². The summed E-state index contributed by atoms with van der Waals surface area (Å²) in [6, 6.07) is 13.7. The highest BCUT2D eigenvalue weighted by molar-refractivity contribution is 7.17. The Bertz CT molecular complexity index is 1480. The second-order valence-corrected chi connectivity index (χ2v) is 8.67. The molecule has 1 atom stereocenters. The van der Waals surface area contributed by atoms with Crippen molar-refractivity contribution in [2.24, 2.45) is 5.10 Å². The molecule has 9 nitrogen and oxygen atoms in total. The van der Waals surface area contributed by atoms with Crippen molar-refractivity contribution < 1.29 is 9.21 Å². The molecule has 10 heteroatoms. The van der Waals surface area contributed by atoms with E-state index in [0.717, 1.165) is 46.1 Å². The molecular formula is C23H19N5O4S. The Morgan fingerprint density at radius 1 is 1.12 bits per heavy atom. The van der Waals surface area contributed by atoms with Gasteiger partial charge in [-0.05, 0) is 31.5 Å². The number of H-pyrrole nitrogens is 1. The lowest BCUT2D eigenvalue weighted by molar-refractivity contribution is 0.0941. The van der Waals surface area contributed by atoms with Crippen LogP contribution in [0.3, 0.4) is 0 Å². The number of aromatic amines is 1. The van der Waals surface area contributed by atoms with Crippen LogP contribution < -0.4 is 16.1 Å². The van der Waals surface area contributed by atoms with Crippen LogP contribution in [0.4, 0.5) is 5.13 Å². The number of aromatic nitrogens is 3. The fraction of sp³-hybridized carbons (Fsp3) is 0.174. The van der Waals surface area contributed by atoms with E-state index in [1.54, 1.807) is 18.2 Å². The molecule has 0 aliphatic carbocycles. The van der Waals surface area contributed by atoms with Crippen molar-refractivity contribution in [1.29, 1.82) is 0 Å². The Labute approximate surface area is 191 Å². The minimum atomic E-state index is -0.643. The highest BCUT2D eigenvalue weighted by Gasteiger charge is 2.34. The Hall–Kier alpha value is -4.05. The van der Waals surface area contributed by atoms with Crippen LogP contribution in [0.25, 0.3) is 0 Å². The van der Waals surface area contributed by atoms with Crippen molar-refractivity contribution in [3.63, 3.8) is 0 Å². The van der Waals surface area contributed by atoms with E-state index in [-0.39, 0.29) is 10.9 Å². The fourth-order valence-corrected chi connectivity index (χ4v) is 4.66. The molecule has 1 aliphatic rings. The summed E-state index contributed by atoms with van der Waals surface area (Å²) in [5, 5.41) is 9.32. The van der Waals surface area contributed by atoms with Gasteiger partial charge in [-0.1, -0.05) is 41.2 Å². The summed E-state index contributed by atoms with van der Waals surface area (Å²) < 4.78 is 6.36. The molecule has 0 radical (unpaired) electrons. The molecule has 5 rings (SSSR count). The van der Waals surface area contributed by atoms with E-state index >= 15 is 0 Å². The molecule has 1 aliphatic heterocycles. The number of benzene rings is 1. The lowest BCUT2D eigenvalue weighted by Gasteiger charge is -2.18. The second-order valence-electron chi connectivity index (χ2n) is 7.69. The average Bonchev–Trinajstić information content (AvgIpc) is 3.54. The maximum Gasteiger partial charge on any atom is 0.291 e. The van der Waals surface area contributed by atoms with E-state index in [2.05, 4.69) is 10.1 Å². The molecule has 1 N–H and O–H groups in total. The molecule has 4 heterocycles. The van der Waals surface area contributed by atoms with Crippen molar-refractivity contribution in [2.45, 2.75) is 26.3 Å². The average molecular weight is 462 g/mol. The lowest BCUT2D eigenvalue weighted by Crippen LogP contribution is -2.33. The fourth-order valence-electron chi connectivity index (χ4n) is 3.66. The first kappa shape index (κ1) is 20.8. The van der Waals surface area contributed by atoms with E-state index in [0.29, 0.717) is 21.9 Å². The van der Waals surface area contributed by atoms with E-state index < -0.39 is 17.0 Å². The van der Waals surface area contributed by atoms with Crippen LogP contribution in [-0.4, -0.2) is 26.4 Å². The topological polar surface area (TPSA) is 114 Å². The Kier molecular flexibility index (Phi) is 5.14. The number of carbonyl (C=O) groups is 1. The molecular weight excluding hydrogens is 442 g/mol. The summed E-state index contributed by atoms with van der Waals surface area (Å²) in [6.07, 6.45) is 2.21. The standard InChI is InChI=1S/C23H19N5O4S/c1-13-5-7-15(8-6-13)16-12-17(18-4-3-11-32-18)27(25-16)23-24-14(2)21(33-23)22(31)28-20(30)10-9-19(29)26-28/h3-11,17H,12H2,1-2H3,(H,26,29). The summed E-state index contributed by atoms with van der Waals surface area (Å²) in [4.78, 5) is 41.5. The van der Waals surface area contributed by atoms with Gasteiger partial charge in [0.15, 0.2) is 0 Å². The van der Waals surface area contributed by atoms with Crippen LogP contribution in [0.2, 0.25) is 0 Å². The van der Waals surface area contributed by atoms with Gasteiger partial charge in [0, 0.05) is 18.6 Å². The number of furan rings is 1. The number of thiazole rings is 1. The predicted octanol–water partition coefficient (Wildman–Crippen LogP) is 3.25. The number of nitrogens with one attached hydrogen (secondary N) is 1. The van der Waals surface area contributed by atoms with Crippen molar-refractivity contribution in [1.82, 2.24) is 14.8 Å². The molecule has 0 amide bonds. The van der Waals surface area contributed by atoms with Gasteiger partial charge >= 0.3 is 0 Å². The number of hydrazone groups is 1. The van der Waals surface area contributed by atoms with Crippen LogP contribution in [0.5, 0.6) is 0 Å². The Morgan fingerprint density at radius 3 is 2.64 bits per heavy atom. The number of hydrogen-bond acceptors (Lipinski definition) is 8. The smallest absolute Gasteiger partial charge is 0.291 e. The number of nitrogens with zero attached hydrogens (tertiary/aromatic N) is 4. The maximum absolute atomic E-state index is 13.0. The number of anilines is 1. The molecule has 1 unspecified atom stereocenters. The van der Waals surface area contributed by atoms with Crippen LogP contribution in [0, 0.1) is 13.8 Å². The van der Waals surface area contributed by atoms with Gasteiger partial charge in [0.2, 0.25) is 5.13 Å². The molecule has 3 aromatic heterocycles. The summed E-state index contributed by atoms with van der Waals surface area (Å²) in [5.74, 6) is 0.0839. The molecule has 166 valence electrons. The minimum absolute atomic E-state index is 0.232. The molecule has 0 fully saturated rings. The van der Waals surface area contributed by atoms with Crippen LogP contribution in [0.1, 0.15) is 44.7 Å². The zero-order chi connectivity index (χ0) is 23.1. The van der Waals surface area contributed by atoms with Gasteiger partial charge in [-0.15, -0.1) is 0 Å². The molecule has 4 aromatic rings. The predicted molar refractivity (Wildman–Crippen MR) is 124 cm³/mol. The zero-order valence-electron chi connectivity index (χ0n) is 17.8. The third-order valence-electron chi connectivity index (χ3n) is 5.37. The van der Waals surface area contributed by atoms with Gasteiger partial charge in [0.25, 0.3) is 17.0 Å². The van der Waals surface area contributed by atoms with Crippen LogP contribution in [-0.2, 0) is 0 Å². The molecule has 0 saturated heterocycles. The first-order valence-corrected chi connectivity index (χ1v) is 11.0. The summed E-state index contributed by atoms with van der Waals surface area (Å²) >= 11 is 1.11. The molecule has 0 bridgehead atoms. The second kappa shape index (κ2) is 8.14. The van der Waals surface area contributed by atoms with Gasteiger partial charge in [0.1, 0.15) is 16.7 Å². The summed E-state index contributed by atoms with van der Waals surface area (Å²) in [5.41, 5.74) is 2.30. The van der Waals surface area contributed by atoms with E-state index in [4.69, 9.17) is 9.52 Å². The molecule has 1 aromatic carbocycles. The van der Waals surface area contributed by atoms with Crippen LogP contribution in [0.15, 0.2) is 73.9 Å². The summed E-state index contributed by atoms with van der Waals surface area (Å²) in [6.45, 7) is 3.71. The molecule has 0 spiro atoms. The number of hydrogen-bond donors (Lipinski definition) is 1. The quantitative estimate of drug-likeness (QED) is 0.499. The van der Waals surface area contributed by atoms with Gasteiger partial charge < -0.3 is 4.42 Å². The Morgan fingerprint density at radius 2 is 1.91 bits per heavy atom. The molecule has 33 heavy (non-hydrogen) atoms. The largest absolute Gasteiger partial charge is 0.467 e. The van der Waals surface area contributed by atoms with E-state index in [9.17, 15) is 14.4 Å². The van der Waals surface area contributed by atoms with E-state index in [1.807, 2.05) is 43.3 Å². The van der Waals surface area contributed by atoms with Gasteiger partial charge in [0.05, 0.1) is 17.7 Å². The first-order valence-electron chi connectivity index (χ1n) is 10.2. The normalized spacial score (nSPS) is 15.6. The van der Waals surface area contributed by atoms with E-state index in [1.165, 1.54) is 0 Å². The highest BCUT2D eigenvalue weighted by Crippen LogP contribution is 2.39. The lowest BCUT2D eigenvalue weighted by atomic mass is 10.0. The number of rotatable bonds is 4. The van der Waals surface area contributed by atoms with Crippen LogP contribution >= 0.6 is 11.3 Å². The number of aryl methyl sites for hydroxylation is 2. The first-order chi connectivity index (χ1) is 15.9. The minimum Gasteiger partial charge on any atom is -0.467 e. The van der Waals surface area contributed by atoms with Gasteiger partial charge in [-0.3, -0.25) is 19.5 Å². The van der Waals surface area contributed by atoms with Crippen molar-refractivity contribution in [3.05, 3.63) is 103 Å². The van der Waals surface area contributed by atoms with Gasteiger partial charge in [-0.25, -0.2) is 9.99 Å². The summed E-state index contributed by atoms with van der Waals surface area (Å²) in [7, 11) is 0. The third kappa shape index (κ3) is 3.85. The maximum atomic E-state index is 13.0. The zero-order valence-corrected chi connectivity index (χ0v) is 18.6. The number of carbonyl (C=O) groups excluding carboxylic acids is 1. The highest BCUT2D eigenvalue weighted by atomic mass is 32.1. The van der Waals surface area contributed by atoms with Crippen molar-refractivity contribution in [2.75, 3.05) is 5.01 Å². The van der Waals surface area contributed by atoms with Crippen molar-refractivity contribution in [3.8, 4) is 0 Å². The van der Waals surface area contributed by atoms with Gasteiger partial charge in [-0.2, -0.15) is 9.78 Å².